The lowest BCUT2D eigenvalue weighted by molar-refractivity contribution is -0.0195. The summed E-state index contributed by atoms with van der Waals surface area (Å²) in [5.74, 6) is 1.27. The molecule has 4 fully saturated rings. The molecule has 3 N–H and O–H groups in total. The Balaban J connectivity index is 1.17. The molecule has 1 amide bonds. The third kappa shape index (κ3) is 3.71. The fourth-order valence-electron chi connectivity index (χ4n) is 6.59. The Hall–Kier alpha value is -3.44. The molecule has 11 nitrogen and oxygen atoms in total. The van der Waals surface area contributed by atoms with E-state index in [9.17, 15) is 9.59 Å². The standard InChI is InChI=1S/C26H31N7O4/c1-27-18-12-21(29-17-3-2-8-32(26(17)35)19-11-15-7-10-37-23(15)19)31-33-20(13-28-24(18)33)25(34)30-16-5-4-14-6-9-36-22(14)16/h2-3,8,12-16,19,22-23,27H,4-7,9-11H2,1H3,(H,29,31)(H,30,34)/t14-,15-,16+,19-,22+,23-/m1/s1. The molecule has 0 aromatic carbocycles. The number of nitrogens with one attached hydrogen (secondary N) is 3. The predicted octanol–water partition coefficient (Wildman–Crippen LogP) is 2.32. The van der Waals surface area contributed by atoms with E-state index in [4.69, 9.17) is 9.47 Å². The van der Waals surface area contributed by atoms with E-state index in [2.05, 4.69) is 26.0 Å². The highest BCUT2D eigenvalue weighted by atomic mass is 16.5. The van der Waals surface area contributed by atoms with E-state index in [-0.39, 0.29) is 35.8 Å². The zero-order valence-corrected chi connectivity index (χ0v) is 20.7. The molecule has 2 saturated heterocycles. The first-order valence-electron chi connectivity index (χ1n) is 13.2. The van der Waals surface area contributed by atoms with Gasteiger partial charge < -0.3 is 30.0 Å². The molecule has 0 unspecified atom stereocenters. The van der Waals surface area contributed by atoms with Gasteiger partial charge in [0.2, 0.25) is 0 Å². The highest BCUT2D eigenvalue weighted by Gasteiger charge is 2.46. The van der Waals surface area contributed by atoms with Gasteiger partial charge in [0, 0.05) is 32.5 Å². The molecule has 37 heavy (non-hydrogen) atoms. The zero-order valence-electron chi connectivity index (χ0n) is 20.7. The van der Waals surface area contributed by atoms with Crippen molar-refractivity contribution in [2.75, 3.05) is 30.9 Å². The fraction of sp³-hybridized carbons (Fsp3) is 0.538. The lowest BCUT2D eigenvalue weighted by atomic mass is 9.76. The normalized spacial score (nSPS) is 30.1. The maximum Gasteiger partial charge on any atom is 0.274 e. The van der Waals surface area contributed by atoms with Crippen LogP contribution < -0.4 is 21.5 Å². The van der Waals surface area contributed by atoms with E-state index in [1.807, 2.05) is 12.3 Å². The lowest BCUT2D eigenvalue weighted by Crippen LogP contribution is -2.44. The van der Waals surface area contributed by atoms with E-state index in [1.165, 1.54) is 10.7 Å². The van der Waals surface area contributed by atoms with Gasteiger partial charge in [-0.15, -0.1) is 5.10 Å². The largest absolute Gasteiger partial charge is 0.385 e. The number of anilines is 3. The Kier molecular flexibility index (Phi) is 5.43. The van der Waals surface area contributed by atoms with Gasteiger partial charge in [-0.1, -0.05) is 0 Å². The van der Waals surface area contributed by atoms with Crippen LogP contribution >= 0.6 is 0 Å². The quantitative estimate of drug-likeness (QED) is 0.466. The highest BCUT2D eigenvalue weighted by molar-refractivity contribution is 5.94. The number of ether oxygens (including phenoxy) is 2. The van der Waals surface area contributed by atoms with Crippen molar-refractivity contribution in [2.24, 2.45) is 11.8 Å². The van der Waals surface area contributed by atoms with Crippen molar-refractivity contribution in [1.29, 1.82) is 0 Å². The van der Waals surface area contributed by atoms with Crippen molar-refractivity contribution in [3.63, 3.8) is 0 Å². The van der Waals surface area contributed by atoms with Gasteiger partial charge in [-0.05, 0) is 56.1 Å². The molecule has 0 bridgehead atoms. The average molecular weight is 506 g/mol. The topological polar surface area (TPSA) is 124 Å². The number of hydrogen-bond acceptors (Lipinski definition) is 8. The van der Waals surface area contributed by atoms with E-state index in [0.29, 0.717) is 40.4 Å². The van der Waals surface area contributed by atoms with Crippen molar-refractivity contribution in [1.82, 2.24) is 24.5 Å². The number of fused-ring (bicyclic) bond motifs is 3. The van der Waals surface area contributed by atoms with E-state index < -0.39 is 0 Å². The second kappa shape index (κ2) is 8.84. The van der Waals surface area contributed by atoms with Gasteiger partial charge >= 0.3 is 0 Å². The monoisotopic (exact) mass is 505 g/mol. The molecule has 4 aliphatic rings. The van der Waals surface area contributed by atoms with Gasteiger partial charge in [0.25, 0.3) is 11.5 Å². The lowest BCUT2D eigenvalue weighted by Gasteiger charge is -2.40. The smallest absolute Gasteiger partial charge is 0.274 e. The van der Waals surface area contributed by atoms with Crippen molar-refractivity contribution < 1.29 is 14.3 Å². The summed E-state index contributed by atoms with van der Waals surface area (Å²) in [5.41, 5.74) is 1.85. The predicted molar refractivity (Wildman–Crippen MR) is 136 cm³/mol. The number of pyridine rings is 1. The second-order valence-corrected chi connectivity index (χ2v) is 10.6. The molecule has 194 valence electrons. The van der Waals surface area contributed by atoms with E-state index in [1.54, 1.807) is 23.7 Å². The van der Waals surface area contributed by atoms with Crippen LogP contribution in [0.25, 0.3) is 5.65 Å². The Morgan fingerprint density at radius 1 is 1.08 bits per heavy atom. The molecule has 11 heteroatoms. The molecule has 7 rings (SSSR count). The second-order valence-electron chi connectivity index (χ2n) is 10.6. The van der Waals surface area contributed by atoms with Crippen molar-refractivity contribution >= 4 is 28.7 Å². The first-order valence-corrected chi connectivity index (χ1v) is 13.2. The van der Waals surface area contributed by atoms with Gasteiger partial charge in [-0.25, -0.2) is 9.50 Å². The Labute approximate surface area is 213 Å². The number of imidazole rings is 1. The summed E-state index contributed by atoms with van der Waals surface area (Å²) in [7, 11) is 1.79. The Morgan fingerprint density at radius 2 is 1.92 bits per heavy atom. The number of aromatic nitrogens is 4. The van der Waals surface area contributed by atoms with Crippen LogP contribution in [0, 0.1) is 11.8 Å². The highest BCUT2D eigenvalue weighted by Crippen LogP contribution is 2.45. The van der Waals surface area contributed by atoms with Crippen LogP contribution in [0.15, 0.2) is 35.4 Å². The number of amides is 1. The summed E-state index contributed by atoms with van der Waals surface area (Å²) in [6.07, 6.45) is 8.64. The van der Waals surface area contributed by atoms with Crippen molar-refractivity contribution in [2.45, 2.75) is 56.4 Å². The number of carbonyl (C=O) groups excluding carboxylic acids is 1. The van der Waals surface area contributed by atoms with Gasteiger partial charge in [-0.3, -0.25) is 9.59 Å². The van der Waals surface area contributed by atoms with E-state index >= 15 is 0 Å². The van der Waals surface area contributed by atoms with Crippen molar-refractivity contribution in [3.05, 3.63) is 46.6 Å². The molecule has 2 aliphatic carbocycles. The minimum absolute atomic E-state index is 0.00614. The summed E-state index contributed by atoms with van der Waals surface area (Å²) >= 11 is 0. The fourth-order valence-corrected chi connectivity index (χ4v) is 6.59. The number of rotatable bonds is 6. The first-order chi connectivity index (χ1) is 18.1. The summed E-state index contributed by atoms with van der Waals surface area (Å²) < 4.78 is 15.0. The molecular weight excluding hydrogens is 474 g/mol. The third-order valence-electron chi connectivity index (χ3n) is 8.58. The van der Waals surface area contributed by atoms with Crippen LogP contribution in [0.5, 0.6) is 0 Å². The van der Waals surface area contributed by atoms with Crippen LogP contribution in [0.3, 0.4) is 0 Å². The van der Waals surface area contributed by atoms with Gasteiger partial charge in [0.1, 0.15) is 5.69 Å². The minimum atomic E-state index is -0.237. The molecule has 5 heterocycles. The minimum Gasteiger partial charge on any atom is -0.385 e. The van der Waals surface area contributed by atoms with Crippen LogP contribution in [0.4, 0.5) is 17.2 Å². The van der Waals surface area contributed by atoms with Crippen LogP contribution in [0.2, 0.25) is 0 Å². The summed E-state index contributed by atoms with van der Waals surface area (Å²) in [5, 5.41) is 14.1. The van der Waals surface area contributed by atoms with Crippen LogP contribution in [0.1, 0.15) is 48.6 Å². The average Bonchev–Trinajstić information content (AvgIpc) is 3.67. The molecule has 2 aliphatic heterocycles. The molecule has 2 saturated carbocycles. The van der Waals surface area contributed by atoms with Gasteiger partial charge in [0.05, 0.1) is 36.2 Å². The van der Waals surface area contributed by atoms with Gasteiger partial charge in [-0.2, -0.15) is 0 Å². The summed E-state index contributed by atoms with van der Waals surface area (Å²) in [6.45, 7) is 1.53. The molecule has 0 radical (unpaired) electrons. The number of carbonyl (C=O) groups is 1. The zero-order chi connectivity index (χ0) is 25.1. The molecule has 0 spiro atoms. The number of hydrogen-bond donors (Lipinski definition) is 3. The molecule has 3 aromatic heterocycles. The Morgan fingerprint density at radius 3 is 2.76 bits per heavy atom. The molecular formula is C26H31N7O4. The van der Waals surface area contributed by atoms with Crippen LogP contribution in [-0.4, -0.2) is 63.6 Å². The van der Waals surface area contributed by atoms with Crippen molar-refractivity contribution in [3.8, 4) is 0 Å². The molecule has 3 aromatic rings. The summed E-state index contributed by atoms with van der Waals surface area (Å²) in [4.78, 5) is 31.0. The SMILES string of the molecule is CNc1cc(Nc2cccn([C@@H]3C[C@H]4CCO[C@H]43)c2=O)nn2c(C(=O)N[C@H]3CC[C@@H]4CCO[C@@H]43)cnc12. The van der Waals surface area contributed by atoms with Gasteiger partial charge in [0.15, 0.2) is 17.2 Å². The molecule has 6 atom stereocenters. The number of nitrogens with zero attached hydrogens (tertiary/aromatic N) is 4. The maximum absolute atomic E-state index is 13.3. The third-order valence-corrected chi connectivity index (χ3v) is 8.58. The summed E-state index contributed by atoms with van der Waals surface area (Å²) in [6, 6.07) is 5.45. The Bertz CT molecular complexity index is 1420. The van der Waals surface area contributed by atoms with Crippen LogP contribution in [-0.2, 0) is 9.47 Å². The maximum atomic E-state index is 13.3. The first kappa shape index (κ1) is 22.7. The van der Waals surface area contributed by atoms with E-state index in [0.717, 1.165) is 45.3 Å².